The van der Waals surface area contributed by atoms with Crippen LogP contribution in [0.4, 0.5) is 8.78 Å². The molecule has 1 heterocycles. The van der Waals surface area contributed by atoms with Gasteiger partial charge in [0, 0.05) is 17.5 Å². The van der Waals surface area contributed by atoms with E-state index in [0.29, 0.717) is 12.0 Å². The number of fused-ring (bicyclic) bond motifs is 1. The maximum absolute atomic E-state index is 12.3. The molecule has 0 fully saturated rings. The van der Waals surface area contributed by atoms with E-state index in [-0.39, 0.29) is 17.1 Å². The molecule has 0 saturated carbocycles. The maximum Gasteiger partial charge on any atom is 0.387 e. The molecule has 2 aromatic carbocycles. The van der Waals surface area contributed by atoms with Crippen molar-refractivity contribution in [2.24, 2.45) is 0 Å². The summed E-state index contributed by atoms with van der Waals surface area (Å²) in [4.78, 5) is 23.8. The molecule has 0 saturated heterocycles. The van der Waals surface area contributed by atoms with E-state index in [1.165, 1.54) is 30.3 Å². The molecular formula is C19H14F2O5. The lowest BCUT2D eigenvalue weighted by Crippen LogP contribution is -2.09. The Kier molecular flexibility index (Phi) is 4.97. The summed E-state index contributed by atoms with van der Waals surface area (Å²) in [5.74, 6) is -0.733. The van der Waals surface area contributed by atoms with Crippen molar-refractivity contribution in [3.63, 3.8) is 0 Å². The second kappa shape index (κ2) is 7.35. The minimum Gasteiger partial charge on any atom is -0.435 e. The lowest BCUT2D eigenvalue weighted by molar-refractivity contribution is -0.0499. The van der Waals surface area contributed by atoms with E-state index in [0.717, 1.165) is 17.0 Å². The Balaban J connectivity index is 1.86. The predicted octanol–water partition coefficient (Wildman–Crippen LogP) is 4.18. The predicted molar refractivity (Wildman–Crippen MR) is 89.9 cm³/mol. The lowest BCUT2D eigenvalue weighted by Gasteiger charge is -2.08. The fourth-order valence-corrected chi connectivity index (χ4v) is 2.53. The summed E-state index contributed by atoms with van der Waals surface area (Å²) in [6.45, 7) is -1.08. The van der Waals surface area contributed by atoms with E-state index in [4.69, 9.17) is 9.15 Å². The second-order valence-electron chi connectivity index (χ2n) is 5.40. The Morgan fingerprint density at radius 2 is 1.92 bits per heavy atom. The molecule has 0 N–H and O–H groups in total. The Morgan fingerprint density at radius 3 is 2.65 bits per heavy atom. The van der Waals surface area contributed by atoms with Crippen molar-refractivity contribution in [3.8, 4) is 11.5 Å². The van der Waals surface area contributed by atoms with Gasteiger partial charge in [-0.2, -0.15) is 8.78 Å². The van der Waals surface area contributed by atoms with E-state index >= 15 is 0 Å². The van der Waals surface area contributed by atoms with Crippen molar-refractivity contribution in [3.05, 3.63) is 70.1 Å². The number of aryl methyl sites for hydroxylation is 1. The summed E-state index contributed by atoms with van der Waals surface area (Å²) < 4.78 is 39.2. The zero-order valence-corrected chi connectivity index (χ0v) is 13.7. The maximum atomic E-state index is 12.3. The van der Waals surface area contributed by atoms with Crippen LogP contribution in [-0.4, -0.2) is 12.6 Å². The third-order valence-electron chi connectivity index (χ3n) is 3.69. The Hall–Kier alpha value is -3.22. The highest BCUT2D eigenvalue weighted by atomic mass is 19.3. The zero-order chi connectivity index (χ0) is 18.7. The van der Waals surface area contributed by atoms with Crippen LogP contribution < -0.4 is 15.1 Å². The molecule has 0 atom stereocenters. The van der Waals surface area contributed by atoms with E-state index in [1.54, 1.807) is 12.1 Å². The van der Waals surface area contributed by atoms with Crippen LogP contribution >= 0.6 is 0 Å². The molecule has 0 radical (unpaired) electrons. The first-order chi connectivity index (χ1) is 12.5. The number of ether oxygens (including phenoxy) is 2. The van der Waals surface area contributed by atoms with Gasteiger partial charge in [0.05, 0.1) is 5.56 Å². The van der Waals surface area contributed by atoms with Crippen LogP contribution in [0.2, 0.25) is 0 Å². The highest BCUT2D eigenvalue weighted by Crippen LogP contribution is 2.24. The van der Waals surface area contributed by atoms with Gasteiger partial charge in [-0.05, 0) is 42.3 Å². The number of carbonyl (C=O) groups is 1. The Morgan fingerprint density at radius 1 is 1.12 bits per heavy atom. The quantitative estimate of drug-likeness (QED) is 0.388. The van der Waals surface area contributed by atoms with E-state index in [9.17, 15) is 18.4 Å². The van der Waals surface area contributed by atoms with Gasteiger partial charge < -0.3 is 13.9 Å². The van der Waals surface area contributed by atoms with E-state index in [1.807, 2.05) is 6.92 Å². The topological polar surface area (TPSA) is 65.7 Å². The molecule has 26 heavy (non-hydrogen) atoms. The average Bonchev–Trinajstić information content (AvgIpc) is 2.60. The SMILES string of the molecule is CCc1cc(=O)oc2cc(OC(=O)c3cccc(OC(F)F)c3)ccc12. The first kappa shape index (κ1) is 17.6. The van der Waals surface area contributed by atoms with Crippen molar-refractivity contribution in [1.29, 1.82) is 0 Å². The molecule has 0 amide bonds. The number of esters is 1. The first-order valence-corrected chi connectivity index (χ1v) is 7.80. The van der Waals surface area contributed by atoms with E-state index < -0.39 is 18.2 Å². The van der Waals surface area contributed by atoms with Crippen LogP contribution in [0.3, 0.4) is 0 Å². The molecule has 134 valence electrons. The van der Waals surface area contributed by atoms with Gasteiger partial charge in [-0.25, -0.2) is 9.59 Å². The molecule has 0 spiro atoms. The first-order valence-electron chi connectivity index (χ1n) is 7.80. The number of carbonyl (C=O) groups excluding carboxylic acids is 1. The number of rotatable bonds is 5. The summed E-state index contributed by atoms with van der Waals surface area (Å²) >= 11 is 0. The average molecular weight is 360 g/mol. The van der Waals surface area contributed by atoms with Crippen LogP contribution in [0.15, 0.2) is 57.7 Å². The largest absolute Gasteiger partial charge is 0.435 e. The molecule has 3 aromatic rings. The van der Waals surface area contributed by atoms with Gasteiger partial charge in [0.15, 0.2) is 0 Å². The van der Waals surface area contributed by atoms with Crippen LogP contribution in [-0.2, 0) is 6.42 Å². The van der Waals surface area contributed by atoms with Crippen LogP contribution in [0.1, 0.15) is 22.8 Å². The number of halogens is 2. The molecular weight excluding hydrogens is 346 g/mol. The van der Waals surface area contributed by atoms with Gasteiger partial charge in [-0.3, -0.25) is 0 Å². The highest BCUT2D eigenvalue weighted by molar-refractivity contribution is 5.92. The molecule has 0 bridgehead atoms. The number of hydrogen-bond acceptors (Lipinski definition) is 5. The van der Waals surface area contributed by atoms with Crippen molar-refractivity contribution in [1.82, 2.24) is 0 Å². The minimum absolute atomic E-state index is 0.0482. The fourth-order valence-electron chi connectivity index (χ4n) is 2.53. The standard InChI is InChI=1S/C19H14F2O5/c1-2-11-9-17(22)26-16-10-14(6-7-15(11)16)24-18(23)12-4-3-5-13(8-12)25-19(20)21/h3-10,19H,2H2,1H3. The van der Waals surface area contributed by atoms with Gasteiger partial charge >= 0.3 is 18.2 Å². The summed E-state index contributed by atoms with van der Waals surface area (Å²) in [5.41, 5.74) is 0.682. The number of alkyl halides is 2. The monoisotopic (exact) mass is 360 g/mol. The molecule has 7 heteroatoms. The van der Waals surface area contributed by atoms with Crippen molar-refractivity contribution in [2.45, 2.75) is 20.0 Å². The van der Waals surface area contributed by atoms with Gasteiger partial charge in [0.2, 0.25) is 0 Å². The summed E-state index contributed by atoms with van der Waals surface area (Å²) in [5, 5.41) is 0.749. The minimum atomic E-state index is -2.99. The normalized spacial score (nSPS) is 10.9. The van der Waals surface area contributed by atoms with Crippen molar-refractivity contribution in [2.75, 3.05) is 0 Å². The van der Waals surface area contributed by atoms with Gasteiger partial charge in [-0.15, -0.1) is 0 Å². The lowest BCUT2D eigenvalue weighted by atomic mass is 10.1. The summed E-state index contributed by atoms with van der Waals surface area (Å²) in [7, 11) is 0. The molecule has 5 nitrogen and oxygen atoms in total. The van der Waals surface area contributed by atoms with E-state index in [2.05, 4.69) is 4.74 Å². The molecule has 0 aliphatic heterocycles. The third-order valence-corrected chi connectivity index (χ3v) is 3.69. The highest BCUT2D eigenvalue weighted by Gasteiger charge is 2.13. The second-order valence-corrected chi connectivity index (χ2v) is 5.40. The van der Waals surface area contributed by atoms with Gasteiger partial charge in [0.1, 0.15) is 17.1 Å². The molecule has 1 aromatic heterocycles. The van der Waals surface area contributed by atoms with Crippen molar-refractivity contribution >= 4 is 16.9 Å². The fraction of sp³-hybridized carbons (Fsp3) is 0.158. The molecule has 0 aliphatic rings. The van der Waals surface area contributed by atoms with Crippen molar-refractivity contribution < 1.29 is 27.5 Å². The summed E-state index contributed by atoms with van der Waals surface area (Å²) in [6.07, 6.45) is 0.651. The van der Waals surface area contributed by atoms with Crippen LogP contribution in [0, 0.1) is 0 Å². The van der Waals surface area contributed by atoms with Crippen LogP contribution in [0.25, 0.3) is 11.0 Å². The smallest absolute Gasteiger partial charge is 0.387 e. The Labute approximate surface area is 146 Å². The molecule has 3 rings (SSSR count). The zero-order valence-electron chi connectivity index (χ0n) is 13.7. The Bertz CT molecular complexity index is 1010. The number of hydrogen-bond donors (Lipinski definition) is 0. The van der Waals surface area contributed by atoms with Crippen LogP contribution in [0.5, 0.6) is 11.5 Å². The third kappa shape index (κ3) is 3.88. The van der Waals surface area contributed by atoms with Gasteiger partial charge in [-0.1, -0.05) is 13.0 Å². The van der Waals surface area contributed by atoms with Gasteiger partial charge in [0.25, 0.3) is 0 Å². The number of benzene rings is 2. The summed E-state index contributed by atoms with van der Waals surface area (Å²) in [6, 6.07) is 11.4. The molecule has 0 unspecified atom stereocenters. The molecule has 0 aliphatic carbocycles.